The summed E-state index contributed by atoms with van der Waals surface area (Å²) in [7, 11) is 1.75. The molecular weight excluding hydrogens is 342 g/mol. The van der Waals surface area contributed by atoms with Gasteiger partial charge >= 0.3 is 0 Å². The van der Waals surface area contributed by atoms with Gasteiger partial charge in [0.1, 0.15) is 12.5 Å². The number of carbonyl (C=O) groups excluding carboxylic acids is 1. The minimum atomic E-state index is -0.202. The monoisotopic (exact) mass is 371 g/mol. The summed E-state index contributed by atoms with van der Waals surface area (Å²) in [5.41, 5.74) is 8.88. The minimum Gasteiger partial charge on any atom is -0.380 e. The summed E-state index contributed by atoms with van der Waals surface area (Å²) in [6.07, 6.45) is 3.88. The third kappa shape index (κ3) is 3.48. The van der Waals surface area contributed by atoms with Crippen LogP contribution < -0.4 is 21.1 Å². The number of likely N-dealkylation sites (tertiary alicyclic amines) is 1. The molecule has 3 atom stereocenters. The van der Waals surface area contributed by atoms with Crippen molar-refractivity contribution in [3.63, 3.8) is 0 Å². The number of aryl methyl sites for hydroxylation is 3. The fourth-order valence-electron chi connectivity index (χ4n) is 4.45. The van der Waals surface area contributed by atoms with Crippen molar-refractivity contribution >= 4 is 11.6 Å². The lowest BCUT2D eigenvalue weighted by Crippen LogP contribution is -2.68. The first-order chi connectivity index (χ1) is 13.0. The second-order valence-electron chi connectivity index (χ2n) is 7.80. The van der Waals surface area contributed by atoms with Crippen LogP contribution >= 0.6 is 0 Å². The molecule has 0 bridgehead atoms. The van der Waals surface area contributed by atoms with Crippen molar-refractivity contribution in [3.05, 3.63) is 40.6 Å². The van der Waals surface area contributed by atoms with E-state index in [0.717, 1.165) is 31.6 Å². The topological polar surface area (TPSA) is 68.9 Å². The number of nitrogens with zero attached hydrogens (tertiary/aromatic N) is 2. The quantitative estimate of drug-likeness (QED) is 0.743. The van der Waals surface area contributed by atoms with Gasteiger partial charge in [-0.25, -0.2) is 5.43 Å². The number of amides is 1. The molecule has 1 aromatic carbocycles. The fraction of sp³-hybridized carbons (Fsp3) is 0.550. The van der Waals surface area contributed by atoms with Gasteiger partial charge in [-0.05, 0) is 44.7 Å². The van der Waals surface area contributed by atoms with E-state index in [1.165, 1.54) is 16.7 Å². The van der Waals surface area contributed by atoms with Crippen molar-refractivity contribution in [1.29, 1.82) is 0 Å². The normalized spacial score (nSPS) is 28.7. The highest BCUT2D eigenvalue weighted by Crippen LogP contribution is 2.29. The van der Waals surface area contributed by atoms with Gasteiger partial charge in [0.15, 0.2) is 0 Å². The van der Waals surface area contributed by atoms with Crippen LogP contribution in [0, 0.1) is 20.8 Å². The average molecular weight is 371 g/mol. The molecule has 0 aromatic heterocycles. The van der Waals surface area contributed by atoms with Crippen LogP contribution in [0.2, 0.25) is 0 Å². The lowest BCUT2D eigenvalue weighted by molar-refractivity contribution is -0.123. The van der Waals surface area contributed by atoms with Crippen LogP contribution in [0.4, 0.5) is 5.69 Å². The van der Waals surface area contributed by atoms with E-state index < -0.39 is 0 Å². The molecule has 7 nitrogen and oxygen atoms in total. The van der Waals surface area contributed by atoms with Crippen LogP contribution in [-0.4, -0.2) is 49.6 Å². The van der Waals surface area contributed by atoms with Gasteiger partial charge in [0.25, 0.3) is 5.91 Å². The van der Waals surface area contributed by atoms with Crippen molar-refractivity contribution in [2.45, 2.75) is 52.2 Å². The van der Waals surface area contributed by atoms with Gasteiger partial charge in [0.2, 0.25) is 0 Å². The number of methoxy groups -OCH3 is 1. The average Bonchev–Trinajstić information content (AvgIpc) is 3.05. The third-order valence-electron chi connectivity index (χ3n) is 5.69. The number of hydrogen-bond donors (Lipinski definition) is 3. The molecule has 27 heavy (non-hydrogen) atoms. The second kappa shape index (κ2) is 7.24. The minimum absolute atomic E-state index is 0.0271. The molecule has 0 saturated carbocycles. The first-order valence-corrected chi connectivity index (χ1v) is 9.65. The van der Waals surface area contributed by atoms with E-state index >= 15 is 0 Å². The molecule has 7 heteroatoms. The molecule has 3 unspecified atom stereocenters. The highest BCUT2D eigenvalue weighted by atomic mass is 16.5. The zero-order chi connectivity index (χ0) is 19.1. The summed E-state index contributed by atoms with van der Waals surface area (Å²) < 4.78 is 5.52. The van der Waals surface area contributed by atoms with E-state index in [-0.39, 0.29) is 24.5 Å². The van der Waals surface area contributed by atoms with Gasteiger partial charge in [-0.2, -0.15) is 0 Å². The van der Waals surface area contributed by atoms with Crippen LogP contribution in [0.5, 0.6) is 0 Å². The lowest BCUT2D eigenvalue weighted by Gasteiger charge is -2.41. The van der Waals surface area contributed by atoms with Crippen LogP contribution in [0.15, 0.2) is 23.9 Å². The summed E-state index contributed by atoms with van der Waals surface area (Å²) in [6.45, 7) is 8.08. The van der Waals surface area contributed by atoms with Crippen molar-refractivity contribution in [3.8, 4) is 0 Å². The standard InChI is InChI=1S/C20H29N5O2/c1-12-8-13(2)17(14(3)9-12)25-11-16-18(23-25)21-20(22-19(16)26)24-7-5-6-15(10-24)27-4/h8-9,11,15,18,20-21,23H,5-7,10H2,1-4H3,(H,22,26). The number of hydrogen-bond acceptors (Lipinski definition) is 6. The number of anilines is 1. The summed E-state index contributed by atoms with van der Waals surface area (Å²) in [5, 5.41) is 8.60. The van der Waals surface area contributed by atoms with Crippen molar-refractivity contribution < 1.29 is 9.53 Å². The molecule has 0 spiro atoms. The van der Waals surface area contributed by atoms with E-state index in [9.17, 15) is 4.79 Å². The summed E-state index contributed by atoms with van der Waals surface area (Å²) in [6, 6.07) is 4.33. The Kier molecular flexibility index (Phi) is 4.94. The van der Waals surface area contributed by atoms with Gasteiger partial charge in [-0.3, -0.25) is 20.0 Å². The van der Waals surface area contributed by atoms with Crippen molar-refractivity contribution in [2.75, 3.05) is 25.2 Å². The Morgan fingerprint density at radius 3 is 2.63 bits per heavy atom. The zero-order valence-electron chi connectivity index (χ0n) is 16.5. The van der Waals surface area contributed by atoms with Gasteiger partial charge in [0, 0.05) is 26.4 Å². The van der Waals surface area contributed by atoms with Gasteiger partial charge in [-0.15, -0.1) is 0 Å². The smallest absolute Gasteiger partial charge is 0.254 e. The van der Waals surface area contributed by atoms with Gasteiger partial charge in [0.05, 0.1) is 17.4 Å². The Labute approximate surface area is 160 Å². The Morgan fingerprint density at radius 2 is 1.93 bits per heavy atom. The number of carbonyl (C=O) groups is 1. The molecule has 1 aromatic rings. The molecule has 2 fully saturated rings. The molecule has 3 N–H and O–H groups in total. The number of rotatable bonds is 3. The molecule has 2 saturated heterocycles. The van der Waals surface area contributed by atoms with E-state index in [0.29, 0.717) is 5.57 Å². The molecule has 4 rings (SSSR count). The Hall–Kier alpha value is -1.93. The van der Waals surface area contributed by atoms with E-state index in [1.54, 1.807) is 7.11 Å². The number of fused-ring (bicyclic) bond motifs is 1. The summed E-state index contributed by atoms with van der Waals surface area (Å²) in [5.74, 6) is -0.0271. The number of benzene rings is 1. The van der Waals surface area contributed by atoms with Gasteiger partial charge < -0.3 is 10.1 Å². The molecule has 3 heterocycles. The summed E-state index contributed by atoms with van der Waals surface area (Å²) in [4.78, 5) is 15.0. The van der Waals surface area contributed by atoms with Crippen LogP contribution in [0.25, 0.3) is 0 Å². The highest BCUT2D eigenvalue weighted by molar-refractivity contribution is 5.96. The predicted molar refractivity (Wildman–Crippen MR) is 105 cm³/mol. The van der Waals surface area contributed by atoms with Crippen molar-refractivity contribution in [2.24, 2.45) is 0 Å². The number of nitrogens with one attached hydrogen (secondary N) is 3. The molecule has 3 aliphatic heterocycles. The fourth-order valence-corrected chi connectivity index (χ4v) is 4.45. The van der Waals surface area contributed by atoms with Crippen molar-refractivity contribution in [1.82, 2.24) is 21.0 Å². The molecule has 0 radical (unpaired) electrons. The number of piperidine rings is 1. The van der Waals surface area contributed by atoms with E-state index in [1.807, 2.05) is 11.2 Å². The SMILES string of the molecule is COC1CCCN(C2NC(=O)C3=CN(c4c(C)cc(C)cc4C)NC3N2)C1. The zero-order valence-corrected chi connectivity index (χ0v) is 16.5. The Balaban J connectivity index is 1.52. The second-order valence-corrected chi connectivity index (χ2v) is 7.80. The van der Waals surface area contributed by atoms with Crippen LogP contribution in [-0.2, 0) is 9.53 Å². The molecule has 3 aliphatic rings. The maximum Gasteiger partial charge on any atom is 0.254 e. The van der Waals surface area contributed by atoms with Gasteiger partial charge in [-0.1, -0.05) is 17.7 Å². The maximum atomic E-state index is 12.7. The summed E-state index contributed by atoms with van der Waals surface area (Å²) >= 11 is 0. The van der Waals surface area contributed by atoms with Crippen LogP contribution in [0.1, 0.15) is 29.5 Å². The van der Waals surface area contributed by atoms with Crippen LogP contribution in [0.3, 0.4) is 0 Å². The Bertz CT molecular complexity index is 755. The Morgan fingerprint density at radius 1 is 1.19 bits per heavy atom. The molecule has 1 amide bonds. The highest BCUT2D eigenvalue weighted by Gasteiger charge is 2.39. The third-order valence-corrected chi connectivity index (χ3v) is 5.69. The van der Waals surface area contributed by atoms with E-state index in [2.05, 4.69) is 53.9 Å². The van der Waals surface area contributed by atoms with E-state index in [4.69, 9.17) is 4.74 Å². The molecule has 146 valence electrons. The predicted octanol–water partition coefficient (Wildman–Crippen LogP) is 1.26. The number of ether oxygens (including phenoxy) is 1. The number of hydrazine groups is 1. The lowest BCUT2D eigenvalue weighted by atomic mass is 10.0. The first-order valence-electron chi connectivity index (χ1n) is 9.65. The largest absolute Gasteiger partial charge is 0.380 e. The first kappa shape index (κ1) is 18.4. The molecule has 0 aliphatic carbocycles. The molecular formula is C20H29N5O2. The maximum absolute atomic E-state index is 12.7.